The Balaban J connectivity index is 2.03. The Morgan fingerprint density at radius 1 is 1.43 bits per heavy atom. The van der Waals surface area contributed by atoms with Gasteiger partial charge in [-0.25, -0.2) is 4.79 Å². The Bertz CT molecular complexity index is 564. The number of anilines is 1. The molecule has 0 aliphatic carbocycles. The first-order chi connectivity index (χ1) is 11.0. The number of benzene rings is 1. The summed E-state index contributed by atoms with van der Waals surface area (Å²) in [6, 6.07) is 4.45. The summed E-state index contributed by atoms with van der Waals surface area (Å²) in [7, 11) is 0. The molecule has 1 aliphatic rings. The summed E-state index contributed by atoms with van der Waals surface area (Å²) < 4.78 is 11.1. The van der Waals surface area contributed by atoms with E-state index in [0.717, 1.165) is 19.4 Å². The van der Waals surface area contributed by atoms with Gasteiger partial charge in [-0.2, -0.15) is 0 Å². The lowest BCUT2D eigenvalue weighted by atomic mass is 10.1. The van der Waals surface area contributed by atoms with Gasteiger partial charge in [-0.1, -0.05) is 0 Å². The van der Waals surface area contributed by atoms with Crippen LogP contribution in [0.2, 0.25) is 0 Å². The molecule has 0 spiro atoms. The first-order valence-corrected chi connectivity index (χ1v) is 7.91. The Morgan fingerprint density at radius 2 is 2.22 bits per heavy atom. The summed E-state index contributed by atoms with van der Waals surface area (Å²) in [5.74, 6) is -0.747. The number of hydrogen-bond acceptors (Lipinski definition) is 4. The third-order valence-corrected chi connectivity index (χ3v) is 3.58. The molecule has 1 fully saturated rings. The van der Waals surface area contributed by atoms with Crippen LogP contribution in [0.25, 0.3) is 0 Å². The minimum absolute atomic E-state index is 0.0757. The van der Waals surface area contributed by atoms with Crippen molar-refractivity contribution in [2.75, 3.05) is 11.9 Å². The van der Waals surface area contributed by atoms with Gasteiger partial charge < -0.3 is 19.9 Å². The fourth-order valence-corrected chi connectivity index (χ4v) is 2.49. The van der Waals surface area contributed by atoms with E-state index in [4.69, 9.17) is 14.6 Å². The number of nitrogens with one attached hydrogen (secondary N) is 1. The lowest BCUT2D eigenvalue weighted by molar-refractivity contribution is -0.116. The second kappa shape index (κ2) is 7.97. The van der Waals surface area contributed by atoms with Gasteiger partial charge in [0.15, 0.2) is 0 Å². The van der Waals surface area contributed by atoms with E-state index in [1.165, 1.54) is 12.1 Å². The standard InChI is InChI=1S/C17H23NO5/c1-11(2)23-15-7-5-12(17(20)21)10-14(15)18-16(19)8-6-13-4-3-9-22-13/h5,7,10-11,13H,3-4,6,8-9H2,1-2H3,(H,18,19)(H,20,21). The molecule has 0 bridgehead atoms. The number of rotatable bonds is 7. The first kappa shape index (κ1) is 17.3. The van der Waals surface area contributed by atoms with Gasteiger partial charge in [0.05, 0.1) is 23.5 Å². The van der Waals surface area contributed by atoms with Crippen molar-refractivity contribution in [3.63, 3.8) is 0 Å². The highest BCUT2D eigenvalue weighted by molar-refractivity contribution is 5.95. The van der Waals surface area contributed by atoms with Gasteiger partial charge in [-0.3, -0.25) is 4.79 Å². The minimum Gasteiger partial charge on any atom is -0.489 e. The molecule has 6 nitrogen and oxygen atoms in total. The number of amides is 1. The number of carboxylic acids is 1. The van der Waals surface area contributed by atoms with Gasteiger partial charge in [-0.15, -0.1) is 0 Å². The maximum atomic E-state index is 12.1. The van der Waals surface area contributed by atoms with Gasteiger partial charge >= 0.3 is 5.97 Å². The number of carbonyl (C=O) groups excluding carboxylic acids is 1. The topological polar surface area (TPSA) is 84.9 Å². The average molecular weight is 321 g/mol. The van der Waals surface area contributed by atoms with Crippen LogP contribution in [0, 0.1) is 0 Å². The molecule has 126 valence electrons. The van der Waals surface area contributed by atoms with Crippen LogP contribution < -0.4 is 10.1 Å². The molecule has 1 aromatic rings. The van der Waals surface area contributed by atoms with E-state index in [0.29, 0.717) is 24.3 Å². The SMILES string of the molecule is CC(C)Oc1ccc(C(=O)O)cc1NC(=O)CCC1CCCO1. The molecular formula is C17H23NO5. The largest absolute Gasteiger partial charge is 0.489 e. The van der Waals surface area contributed by atoms with Gasteiger partial charge in [-0.05, 0) is 51.3 Å². The number of aromatic carboxylic acids is 1. The number of carbonyl (C=O) groups is 2. The number of ether oxygens (including phenoxy) is 2. The Labute approximate surface area is 135 Å². The van der Waals surface area contributed by atoms with Gasteiger partial charge in [0.1, 0.15) is 5.75 Å². The molecule has 2 rings (SSSR count). The van der Waals surface area contributed by atoms with Crippen molar-refractivity contribution in [2.45, 2.75) is 51.7 Å². The third kappa shape index (κ3) is 5.25. The first-order valence-electron chi connectivity index (χ1n) is 7.91. The van der Waals surface area contributed by atoms with E-state index in [9.17, 15) is 9.59 Å². The quantitative estimate of drug-likeness (QED) is 0.806. The highest BCUT2D eigenvalue weighted by Crippen LogP contribution is 2.27. The van der Waals surface area contributed by atoms with Crippen molar-refractivity contribution >= 4 is 17.6 Å². The van der Waals surface area contributed by atoms with Gasteiger partial charge in [0, 0.05) is 13.0 Å². The molecule has 6 heteroatoms. The van der Waals surface area contributed by atoms with Crippen LogP contribution in [-0.4, -0.2) is 35.8 Å². The molecule has 1 unspecified atom stereocenters. The molecule has 23 heavy (non-hydrogen) atoms. The summed E-state index contributed by atoms with van der Waals surface area (Å²) in [5.41, 5.74) is 0.492. The maximum Gasteiger partial charge on any atom is 0.335 e. The zero-order chi connectivity index (χ0) is 16.8. The molecule has 0 saturated carbocycles. The molecule has 1 aliphatic heterocycles. The zero-order valence-electron chi connectivity index (χ0n) is 13.5. The summed E-state index contributed by atoms with van der Waals surface area (Å²) in [6.07, 6.45) is 3.11. The number of carboxylic acid groups (broad SMARTS) is 1. The Kier molecular flexibility index (Phi) is 5.98. The smallest absolute Gasteiger partial charge is 0.335 e. The molecule has 0 aromatic heterocycles. The summed E-state index contributed by atoms with van der Waals surface area (Å²) in [5, 5.41) is 11.8. The van der Waals surface area contributed by atoms with Crippen LogP contribution in [0.5, 0.6) is 5.75 Å². The predicted molar refractivity (Wildman–Crippen MR) is 86.0 cm³/mol. The molecule has 1 saturated heterocycles. The lowest BCUT2D eigenvalue weighted by Crippen LogP contribution is -2.17. The maximum absolute atomic E-state index is 12.1. The van der Waals surface area contributed by atoms with Crippen molar-refractivity contribution in [2.24, 2.45) is 0 Å². The molecule has 1 heterocycles. The second-order valence-corrected chi connectivity index (χ2v) is 5.90. The van der Waals surface area contributed by atoms with Crippen molar-refractivity contribution in [3.05, 3.63) is 23.8 Å². The third-order valence-electron chi connectivity index (χ3n) is 3.58. The molecule has 0 radical (unpaired) electrons. The zero-order valence-corrected chi connectivity index (χ0v) is 13.5. The fourth-order valence-electron chi connectivity index (χ4n) is 2.49. The van der Waals surface area contributed by atoms with Crippen LogP contribution in [0.15, 0.2) is 18.2 Å². The molecule has 1 aromatic carbocycles. The van der Waals surface area contributed by atoms with Crippen LogP contribution in [-0.2, 0) is 9.53 Å². The lowest BCUT2D eigenvalue weighted by Gasteiger charge is -2.16. The molecule has 1 atom stereocenters. The highest BCUT2D eigenvalue weighted by atomic mass is 16.5. The highest BCUT2D eigenvalue weighted by Gasteiger charge is 2.18. The summed E-state index contributed by atoms with van der Waals surface area (Å²) in [6.45, 7) is 4.50. The fraction of sp³-hybridized carbons (Fsp3) is 0.529. The van der Waals surface area contributed by atoms with Gasteiger partial charge in [0.25, 0.3) is 0 Å². The monoisotopic (exact) mass is 321 g/mol. The Morgan fingerprint density at radius 3 is 2.83 bits per heavy atom. The van der Waals surface area contributed by atoms with E-state index in [2.05, 4.69) is 5.32 Å². The van der Waals surface area contributed by atoms with E-state index >= 15 is 0 Å². The molecular weight excluding hydrogens is 298 g/mol. The number of hydrogen-bond donors (Lipinski definition) is 2. The summed E-state index contributed by atoms with van der Waals surface area (Å²) in [4.78, 5) is 23.2. The minimum atomic E-state index is -1.05. The van der Waals surface area contributed by atoms with Crippen molar-refractivity contribution < 1.29 is 24.2 Å². The van der Waals surface area contributed by atoms with Crippen LogP contribution >= 0.6 is 0 Å². The molecule has 1 amide bonds. The van der Waals surface area contributed by atoms with Crippen LogP contribution in [0.1, 0.15) is 49.9 Å². The van der Waals surface area contributed by atoms with Crippen LogP contribution in [0.4, 0.5) is 5.69 Å². The predicted octanol–water partition coefficient (Wildman–Crippen LogP) is 3.07. The Hall–Kier alpha value is -2.08. The molecule has 2 N–H and O–H groups in total. The van der Waals surface area contributed by atoms with E-state index in [1.807, 2.05) is 13.8 Å². The second-order valence-electron chi connectivity index (χ2n) is 5.90. The summed E-state index contributed by atoms with van der Waals surface area (Å²) >= 11 is 0. The van der Waals surface area contributed by atoms with E-state index < -0.39 is 5.97 Å². The van der Waals surface area contributed by atoms with Crippen molar-refractivity contribution in [3.8, 4) is 5.75 Å². The van der Waals surface area contributed by atoms with Crippen LogP contribution in [0.3, 0.4) is 0 Å². The van der Waals surface area contributed by atoms with Crippen molar-refractivity contribution in [1.82, 2.24) is 0 Å². The van der Waals surface area contributed by atoms with Gasteiger partial charge in [0.2, 0.25) is 5.91 Å². The normalized spacial score (nSPS) is 17.3. The van der Waals surface area contributed by atoms with Crippen molar-refractivity contribution in [1.29, 1.82) is 0 Å². The van der Waals surface area contributed by atoms with E-state index in [1.54, 1.807) is 6.07 Å². The van der Waals surface area contributed by atoms with E-state index in [-0.39, 0.29) is 23.7 Å². The average Bonchev–Trinajstić information content (AvgIpc) is 2.99.